The van der Waals surface area contributed by atoms with Gasteiger partial charge in [0.1, 0.15) is 11.6 Å². The summed E-state index contributed by atoms with van der Waals surface area (Å²) in [6.07, 6.45) is 6.23. The molecule has 4 heteroatoms. The predicted molar refractivity (Wildman–Crippen MR) is 76.4 cm³/mol. The van der Waals surface area contributed by atoms with E-state index in [4.69, 9.17) is 0 Å². The Morgan fingerprint density at radius 1 is 1.29 bits per heavy atom. The molecule has 2 bridgehead atoms. The van der Waals surface area contributed by atoms with Crippen molar-refractivity contribution in [2.45, 2.75) is 25.8 Å². The van der Waals surface area contributed by atoms with E-state index >= 15 is 0 Å². The third kappa shape index (κ3) is 2.47. The molecular weight excluding hydrogens is 272 g/mol. The number of carbonyl (C=O) groups is 1. The maximum atomic E-state index is 13.9. The minimum absolute atomic E-state index is 0.0101. The zero-order valence-electron chi connectivity index (χ0n) is 12.2. The zero-order chi connectivity index (χ0) is 15.1. The fraction of sp³-hybridized carbons (Fsp3) is 0.471. The number of hydrogen-bond donors (Lipinski definition) is 0. The first-order valence-corrected chi connectivity index (χ1v) is 7.37. The van der Waals surface area contributed by atoms with Gasteiger partial charge < -0.3 is 4.90 Å². The van der Waals surface area contributed by atoms with E-state index in [1.807, 2.05) is 0 Å². The second-order valence-electron chi connectivity index (χ2n) is 6.18. The van der Waals surface area contributed by atoms with Crippen molar-refractivity contribution in [3.05, 3.63) is 47.5 Å². The Bertz CT molecular complexity index is 598. The Morgan fingerprint density at radius 2 is 2.05 bits per heavy atom. The summed E-state index contributed by atoms with van der Waals surface area (Å²) in [5.41, 5.74) is 0.226. The quantitative estimate of drug-likeness (QED) is 0.778. The van der Waals surface area contributed by atoms with Gasteiger partial charge in [0.15, 0.2) is 0 Å². The fourth-order valence-corrected chi connectivity index (χ4v) is 3.56. The van der Waals surface area contributed by atoms with Crippen LogP contribution < -0.4 is 0 Å². The third-order valence-electron chi connectivity index (χ3n) is 4.93. The van der Waals surface area contributed by atoms with Gasteiger partial charge in [0.2, 0.25) is 5.91 Å². The van der Waals surface area contributed by atoms with Crippen molar-refractivity contribution in [3.63, 3.8) is 0 Å². The highest BCUT2D eigenvalue weighted by molar-refractivity contribution is 5.80. The van der Waals surface area contributed by atoms with E-state index in [-0.39, 0.29) is 17.4 Å². The highest BCUT2D eigenvalue weighted by Crippen LogP contribution is 2.44. The lowest BCUT2D eigenvalue weighted by Crippen LogP contribution is -2.36. The number of halogens is 2. The minimum atomic E-state index is -0.484. The topological polar surface area (TPSA) is 20.3 Å². The molecule has 21 heavy (non-hydrogen) atoms. The highest BCUT2D eigenvalue weighted by atomic mass is 19.1. The molecule has 1 fully saturated rings. The van der Waals surface area contributed by atoms with Crippen LogP contribution in [0.15, 0.2) is 30.4 Å². The molecule has 0 N–H and O–H groups in total. The van der Waals surface area contributed by atoms with Gasteiger partial charge in [-0.25, -0.2) is 8.78 Å². The molecule has 3 rings (SSSR count). The molecule has 0 spiro atoms. The smallest absolute Gasteiger partial charge is 0.226 e. The molecule has 2 aliphatic carbocycles. The summed E-state index contributed by atoms with van der Waals surface area (Å²) in [4.78, 5) is 14.2. The molecule has 0 saturated heterocycles. The Labute approximate surface area is 123 Å². The Kier molecular flexibility index (Phi) is 3.56. The number of amides is 1. The molecule has 112 valence electrons. The molecule has 2 nitrogen and oxygen atoms in total. The van der Waals surface area contributed by atoms with Crippen molar-refractivity contribution >= 4 is 5.91 Å². The van der Waals surface area contributed by atoms with Gasteiger partial charge in [-0.1, -0.05) is 12.2 Å². The summed E-state index contributed by atoms with van der Waals surface area (Å²) in [5, 5.41) is 0. The Hall–Kier alpha value is -1.71. The molecule has 1 aromatic rings. The van der Waals surface area contributed by atoms with E-state index in [2.05, 4.69) is 12.2 Å². The Morgan fingerprint density at radius 3 is 2.67 bits per heavy atom. The normalized spacial score (nSPS) is 27.9. The van der Waals surface area contributed by atoms with Crippen LogP contribution in [0, 0.1) is 29.4 Å². The van der Waals surface area contributed by atoms with Crippen molar-refractivity contribution in [1.29, 1.82) is 0 Å². The van der Waals surface area contributed by atoms with Crippen LogP contribution in [0.1, 0.15) is 31.4 Å². The first kappa shape index (κ1) is 14.2. The standard InChI is InChI=1S/C17H19F2NO/c1-10(14-9-13(18)5-6-16(14)19)20(2)17(21)15-8-11-3-4-12(15)7-11/h3-6,9-12,15H,7-8H2,1-2H3. The first-order valence-electron chi connectivity index (χ1n) is 7.37. The average molecular weight is 291 g/mol. The second-order valence-corrected chi connectivity index (χ2v) is 6.18. The maximum absolute atomic E-state index is 13.9. The lowest BCUT2D eigenvalue weighted by atomic mass is 9.91. The highest BCUT2D eigenvalue weighted by Gasteiger charge is 2.41. The molecule has 4 unspecified atom stereocenters. The van der Waals surface area contributed by atoms with Gasteiger partial charge in [-0.3, -0.25) is 4.79 Å². The molecule has 1 saturated carbocycles. The second kappa shape index (κ2) is 5.24. The van der Waals surface area contributed by atoms with Gasteiger partial charge in [-0.2, -0.15) is 0 Å². The van der Waals surface area contributed by atoms with Crippen LogP contribution in [-0.2, 0) is 4.79 Å². The summed E-state index contributed by atoms with van der Waals surface area (Å²) < 4.78 is 27.2. The van der Waals surface area contributed by atoms with Crippen LogP contribution in [0.2, 0.25) is 0 Å². The number of fused-ring (bicyclic) bond motifs is 2. The summed E-state index contributed by atoms with van der Waals surface area (Å²) in [5.74, 6) is -0.113. The molecule has 0 heterocycles. The van der Waals surface area contributed by atoms with Gasteiger partial charge in [0.25, 0.3) is 0 Å². The molecule has 1 aromatic carbocycles. The monoisotopic (exact) mass is 291 g/mol. The van der Waals surface area contributed by atoms with Gasteiger partial charge in [0.05, 0.1) is 6.04 Å². The van der Waals surface area contributed by atoms with E-state index in [1.165, 1.54) is 6.07 Å². The summed E-state index contributed by atoms with van der Waals surface area (Å²) in [7, 11) is 1.67. The number of carbonyl (C=O) groups excluding carboxylic acids is 1. The lowest BCUT2D eigenvalue weighted by molar-refractivity contribution is -0.137. The molecule has 1 amide bonds. The lowest BCUT2D eigenvalue weighted by Gasteiger charge is -2.30. The van der Waals surface area contributed by atoms with Crippen LogP contribution in [0.25, 0.3) is 0 Å². The van der Waals surface area contributed by atoms with Gasteiger partial charge in [-0.05, 0) is 49.8 Å². The van der Waals surface area contributed by atoms with Crippen molar-refractivity contribution in [3.8, 4) is 0 Å². The minimum Gasteiger partial charge on any atom is -0.339 e. The largest absolute Gasteiger partial charge is 0.339 e. The molecule has 0 aliphatic heterocycles. The van der Waals surface area contributed by atoms with Crippen LogP contribution in [0.3, 0.4) is 0 Å². The van der Waals surface area contributed by atoms with Crippen molar-refractivity contribution in [2.24, 2.45) is 17.8 Å². The number of hydrogen-bond acceptors (Lipinski definition) is 1. The van der Waals surface area contributed by atoms with Crippen molar-refractivity contribution in [1.82, 2.24) is 4.90 Å². The van der Waals surface area contributed by atoms with E-state index in [0.717, 1.165) is 25.0 Å². The molecule has 2 aliphatic rings. The molecule has 0 radical (unpaired) electrons. The van der Waals surface area contributed by atoms with Crippen molar-refractivity contribution in [2.75, 3.05) is 7.05 Å². The van der Waals surface area contributed by atoms with E-state index in [9.17, 15) is 13.6 Å². The van der Waals surface area contributed by atoms with E-state index in [0.29, 0.717) is 11.8 Å². The molecule has 0 aromatic heterocycles. The molecule has 4 atom stereocenters. The third-order valence-corrected chi connectivity index (χ3v) is 4.93. The van der Waals surface area contributed by atoms with Crippen LogP contribution in [-0.4, -0.2) is 17.9 Å². The Balaban J connectivity index is 1.78. The fourth-order valence-electron chi connectivity index (χ4n) is 3.56. The number of benzene rings is 1. The van der Waals surface area contributed by atoms with Gasteiger partial charge in [-0.15, -0.1) is 0 Å². The number of rotatable bonds is 3. The summed E-state index contributed by atoms with van der Waals surface area (Å²) in [6, 6.07) is 2.90. The summed E-state index contributed by atoms with van der Waals surface area (Å²) >= 11 is 0. The van der Waals surface area contributed by atoms with Gasteiger partial charge in [0, 0.05) is 18.5 Å². The SMILES string of the molecule is CC(c1cc(F)ccc1F)N(C)C(=O)C1CC2C=CC1C2. The van der Waals surface area contributed by atoms with E-state index < -0.39 is 17.7 Å². The number of allylic oxidation sites excluding steroid dienone is 2. The van der Waals surface area contributed by atoms with Crippen molar-refractivity contribution < 1.29 is 13.6 Å². The number of nitrogens with zero attached hydrogens (tertiary/aromatic N) is 1. The maximum Gasteiger partial charge on any atom is 0.226 e. The van der Waals surface area contributed by atoms with Gasteiger partial charge >= 0.3 is 0 Å². The summed E-state index contributed by atoms with van der Waals surface area (Å²) in [6.45, 7) is 1.73. The van der Waals surface area contributed by atoms with Crippen LogP contribution >= 0.6 is 0 Å². The predicted octanol–water partition coefficient (Wildman–Crippen LogP) is 3.70. The average Bonchev–Trinajstić information content (AvgIpc) is 3.10. The van der Waals surface area contributed by atoms with Crippen LogP contribution in [0.5, 0.6) is 0 Å². The zero-order valence-corrected chi connectivity index (χ0v) is 12.2. The first-order chi connectivity index (χ1) is 9.97. The van der Waals surface area contributed by atoms with E-state index in [1.54, 1.807) is 18.9 Å². The van der Waals surface area contributed by atoms with Crippen LogP contribution in [0.4, 0.5) is 8.78 Å². The molecular formula is C17H19F2NO.